The molecule has 1 aliphatic heterocycles. The highest BCUT2D eigenvalue weighted by Gasteiger charge is 2.30. The zero-order valence-corrected chi connectivity index (χ0v) is 16.6. The number of alkyl halides is 3. The average molecular weight is 419 g/mol. The van der Waals surface area contributed by atoms with Crippen molar-refractivity contribution in [3.05, 3.63) is 70.8 Å². The van der Waals surface area contributed by atoms with Gasteiger partial charge in [0.05, 0.1) is 5.56 Å². The van der Waals surface area contributed by atoms with E-state index in [1.807, 2.05) is 12.1 Å². The van der Waals surface area contributed by atoms with Gasteiger partial charge in [-0.15, -0.1) is 0 Å². The van der Waals surface area contributed by atoms with Gasteiger partial charge in [-0.1, -0.05) is 24.3 Å². The van der Waals surface area contributed by atoms with Gasteiger partial charge in [-0.25, -0.2) is 4.79 Å². The van der Waals surface area contributed by atoms with E-state index in [2.05, 4.69) is 10.6 Å². The van der Waals surface area contributed by atoms with Gasteiger partial charge in [-0.2, -0.15) is 13.2 Å². The van der Waals surface area contributed by atoms with Crippen LogP contribution in [0.15, 0.2) is 48.5 Å². The van der Waals surface area contributed by atoms with Crippen molar-refractivity contribution < 1.29 is 22.8 Å². The highest BCUT2D eigenvalue weighted by molar-refractivity contribution is 5.94. The van der Waals surface area contributed by atoms with Crippen molar-refractivity contribution in [1.29, 1.82) is 0 Å². The smallest absolute Gasteiger partial charge is 0.348 e. The molecule has 8 heteroatoms. The molecule has 2 aromatic rings. The molecule has 1 saturated heterocycles. The molecule has 1 atom stereocenters. The quantitative estimate of drug-likeness (QED) is 0.782. The maximum Gasteiger partial charge on any atom is 0.416 e. The molecule has 0 bridgehead atoms. The average Bonchev–Trinajstić information content (AvgIpc) is 2.76. The van der Waals surface area contributed by atoms with E-state index in [9.17, 15) is 22.8 Å². The summed E-state index contributed by atoms with van der Waals surface area (Å²) in [6, 6.07) is 11.9. The van der Waals surface area contributed by atoms with E-state index >= 15 is 0 Å². The van der Waals surface area contributed by atoms with Gasteiger partial charge in [0, 0.05) is 38.2 Å². The summed E-state index contributed by atoms with van der Waals surface area (Å²) in [5, 5.41) is 5.39. The fourth-order valence-electron chi connectivity index (χ4n) is 3.62. The van der Waals surface area contributed by atoms with Crippen molar-refractivity contribution in [2.45, 2.75) is 31.5 Å². The first-order chi connectivity index (χ1) is 14.3. The SMILES string of the molecule is CNC(=O)N1CCC[C@H](c2cccc(C(=O)NCc3ccc(C(F)(F)F)cc3)c2)C1. The van der Waals surface area contributed by atoms with Crippen LogP contribution in [0.5, 0.6) is 0 Å². The Hall–Kier alpha value is -3.03. The second kappa shape index (κ2) is 9.19. The molecule has 5 nitrogen and oxygen atoms in total. The minimum Gasteiger partial charge on any atom is -0.348 e. The summed E-state index contributed by atoms with van der Waals surface area (Å²) in [5.74, 6) is -0.144. The van der Waals surface area contributed by atoms with E-state index in [1.165, 1.54) is 12.1 Å². The molecule has 3 amide bonds. The molecule has 0 unspecified atom stereocenters. The maximum absolute atomic E-state index is 12.6. The van der Waals surface area contributed by atoms with Crippen LogP contribution in [0, 0.1) is 0 Å². The molecule has 0 saturated carbocycles. The lowest BCUT2D eigenvalue weighted by atomic mass is 9.89. The van der Waals surface area contributed by atoms with Crippen LogP contribution in [0.1, 0.15) is 45.8 Å². The van der Waals surface area contributed by atoms with Crippen molar-refractivity contribution in [1.82, 2.24) is 15.5 Å². The Morgan fingerprint density at radius 1 is 1.13 bits per heavy atom. The Morgan fingerprint density at radius 3 is 2.53 bits per heavy atom. The highest BCUT2D eigenvalue weighted by Crippen LogP contribution is 2.29. The number of piperidine rings is 1. The topological polar surface area (TPSA) is 61.4 Å². The lowest BCUT2D eigenvalue weighted by Crippen LogP contribution is -2.43. The number of hydrogen-bond donors (Lipinski definition) is 2. The predicted molar refractivity (Wildman–Crippen MR) is 107 cm³/mol. The maximum atomic E-state index is 12.6. The minimum atomic E-state index is -4.38. The van der Waals surface area contributed by atoms with E-state index < -0.39 is 11.7 Å². The zero-order valence-electron chi connectivity index (χ0n) is 16.6. The van der Waals surface area contributed by atoms with Crippen molar-refractivity contribution in [3.8, 4) is 0 Å². The standard InChI is InChI=1S/C22H24F3N3O2/c1-26-21(30)28-11-3-6-18(14-28)16-4-2-5-17(12-16)20(29)27-13-15-7-9-19(10-8-15)22(23,24)25/h2,4-5,7-10,12,18H,3,6,11,13-14H2,1H3,(H,26,30)(H,27,29)/t18-/m0/s1. The van der Waals surface area contributed by atoms with Crippen molar-refractivity contribution >= 4 is 11.9 Å². The number of amides is 3. The van der Waals surface area contributed by atoms with Gasteiger partial charge in [-0.3, -0.25) is 4.79 Å². The van der Waals surface area contributed by atoms with Crippen LogP contribution in [0.3, 0.4) is 0 Å². The molecule has 1 aliphatic rings. The van der Waals surface area contributed by atoms with Gasteiger partial charge < -0.3 is 15.5 Å². The van der Waals surface area contributed by atoms with E-state index in [4.69, 9.17) is 0 Å². The lowest BCUT2D eigenvalue weighted by Gasteiger charge is -2.32. The number of nitrogens with zero attached hydrogens (tertiary/aromatic N) is 1. The van der Waals surface area contributed by atoms with Crippen LogP contribution >= 0.6 is 0 Å². The highest BCUT2D eigenvalue weighted by atomic mass is 19.4. The van der Waals surface area contributed by atoms with Crippen LogP contribution in [-0.4, -0.2) is 37.0 Å². The first-order valence-corrected chi connectivity index (χ1v) is 9.79. The molecular formula is C22H24F3N3O2. The Labute approximate surface area is 173 Å². The van der Waals surface area contributed by atoms with Gasteiger partial charge in [-0.05, 0) is 48.2 Å². The number of carbonyl (C=O) groups is 2. The Bertz CT molecular complexity index is 897. The summed E-state index contributed by atoms with van der Waals surface area (Å²) < 4.78 is 37.9. The summed E-state index contributed by atoms with van der Waals surface area (Å²) in [4.78, 5) is 26.2. The van der Waals surface area contributed by atoms with Crippen LogP contribution in [0.2, 0.25) is 0 Å². The largest absolute Gasteiger partial charge is 0.416 e. The fraction of sp³-hybridized carbons (Fsp3) is 0.364. The number of benzene rings is 2. The third kappa shape index (κ3) is 5.31. The molecule has 2 N–H and O–H groups in total. The summed E-state index contributed by atoms with van der Waals surface area (Å²) in [7, 11) is 1.60. The molecule has 0 aliphatic carbocycles. The van der Waals surface area contributed by atoms with Crippen LogP contribution in [0.25, 0.3) is 0 Å². The normalized spacial score (nSPS) is 16.8. The van der Waals surface area contributed by atoms with Crippen molar-refractivity contribution in [2.24, 2.45) is 0 Å². The molecule has 30 heavy (non-hydrogen) atoms. The number of halogens is 3. The lowest BCUT2D eigenvalue weighted by molar-refractivity contribution is -0.137. The van der Waals surface area contributed by atoms with Gasteiger partial charge >= 0.3 is 12.2 Å². The third-order valence-electron chi connectivity index (χ3n) is 5.28. The number of nitrogens with one attached hydrogen (secondary N) is 2. The number of likely N-dealkylation sites (tertiary alicyclic amines) is 1. The second-order valence-electron chi connectivity index (χ2n) is 7.34. The summed E-state index contributed by atoms with van der Waals surface area (Å²) in [6.45, 7) is 1.44. The van der Waals surface area contributed by atoms with Crippen molar-refractivity contribution in [2.75, 3.05) is 20.1 Å². The second-order valence-corrected chi connectivity index (χ2v) is 7.34. The van der Waals surface area contributed by atoms with E-state index in [0.29, 0.717) is 24.2 Å². The summed E-state index contributed by atoms with van der Waals surface area (Å²) in [5.41, 5.74) is 1.34. The Kier molecular flexibility index (Phi) is 6.64. The molecule has 0 radical (unpaired) electrons. The van der Waals surface area contributed by atoms with Gasteiger partial charge in [0.15, 0.2) is 0 Å². The molecule has 160 valence electrons. The summed E-state index contributed by atoms with van der Waals surface area (Å²) >= 11 is 0. The van der Waals surface area contributed by atoms with Crippen molar-refractivity contribution in [3.63, 3.8) is 0 Å². The predicted octanol–water partition coefficient (Wildman–Crippen LogP) is 4.15. The molecule has 1 heterocycles. The first-order valence-electron chi connectivity index (χ1n) is 9.79. The number of urea groups is 1. The number of rotatable bonds is 4. The van der Waals surface area contributed by atoms with Crippen LogP contribution < -0.4 is 10.6 Å². The Morgan fingerprint density at radius 2 is 1.87 bits per heavy atom. The van der Waals surface area contributed by atoms with E-state index in [-0.39, 0.29) is 24.4 Å². The fourth-order valence-corrected chi connectivity index (χ4v) is 3.62. The third-order valence-corrected chi connectivity index (χ3v) is 5.28. The number of hydrogen-bond acceptors (Lipinski definition) is 2. The Balaban J connectivity index is 1.62. The first kappa shape index (κ1) is 21.7. The van der Waals surface area contributed by atoms with Gasteiger partial charge in [0.2, 0.25) is 0 Å². The van der Waals surface area contributed by atoms with Crippen LogP contribution in [0.4, 0.5) is 18.0 Å². The molecule has 0 spiro atoms. The molecule has 0 aromatic heterocycles. The summed E-state index contributed by atoms with van der Waals surface area (Å²) in [6.07, 6.45) is -2.55. The molecular weight excluding hydrogens is 395 g/mol. The minimum absolute atomic E-state index is 0.106. The molecule has 1 fully saturated rings. The van der Waals surface area contributed by atoms with Gasteiger partial charge in [0.1, 0.15) is 0 Å². The van der Waals surface area contributed by atoms with E-state index in [1.54, 1.807) is 24.1 Å². The monoisotopic (exact) mass is 419 g/mol. The van der Waals surface area contributed by atoms with Gasteiger partial charge in [0.25, 0.3) is 5.91 Å². The molecule has 2 aromatic carbocycles. The van der Waals surface area contributed by atoms with Crippen LogP contribution in [-0.2, 0) is 12.7 Å². The zero-order chi connectivity index (χ0) is 21.7. The number of carbonyl (C=O) groups excluding carboxylic acids is 2. The van der Waals surface area contributed by atoms with E-state index in [0.717, 1.165) is 30.5 Å². The molecule has 3 rings (SSSR count).